The third-order valence-electron chi connectivity index (χ3n) is 1.88. The number of ether oxygens (including phenoxy) is 1. The Morgan fingerprint density at radius 3 is 3.09 bits per heavy atom. The summed E-state index contributed by atoms with van der Waals surface area (Å²) in [4.78, 5) is 0. The molecule has 0 aromatic carbocycles. The van der Waals surface area contributed by atoms with Gasteiger partial charge < -0.3 is 10.5 Å². The van der Waals surface area contributed by atoms with Gasteiger partial charge in [-0.1, -0.05) is 6.08 Å². The Morgan fingerprint density at radius 1 is 1.64 bits per heavy atom. The van der Waals surface area contributed by atoms with E-state index in [4.69, 9.17) is 10.5 Å². The molecule has 11 heavy (non-hydrogen) atoms. The average molecular weight is 153 g/mol. The van der Waals surface area contributed by atoms with Gasteiger partial charge in [-0.3, -0.25) is 0 Å². The molecule has 1 aliphatic rings. The zero-order valence-electron chi connectivity index (χ0n) is 6.97. The normalized spacial score (nSPS) is 21.6. The Balaban J connectivity index is 2.62. The molecular weight excluding hydrogens is 138 g/mol. The molecule has 2 heteroatoms. The van der Waals surface area contributed by atoms with Crippen molar-refractivity contribution in [2.45, 2.75) is 19.3 Å². The predicted molar refractivity (Wildman–Crippen MR) is 46.1 cm³/mol. The first kappa shape index (κ1) is 8.34. The van der Waals surface area contributed by atoms with Crippen molar-refractivity contribution in [1.29, 1.82) is 0 Å². The minimum Gasteiger partial charge on any atom is -0.501 e. The monoisotopic (exact) mass is 153 g/mol. The zero-order valence-corrected chi connectivity index (χ0v) is 6.97. The van der Waals surface area contributed by atoms with Crippen LogP contribution in [0.1, 0.15) is 19.3 Å². The van der Waals surface area contributed by atoms with E-state index in [1.807, 2.05) is 0 Å². The van der Waals surface area contributed by atoms with Gasteiger partial charge in [-0.25, -0.2) is 0 Å². The van der Waals surface area contributed by atoms with Crippen LogP contribution in [0.2, 0.25) is 0 Å². The maximum atomic E-state index is 5.40. The van der Waals surface area contributed by atoms with Crippen LogP contribution in [-0.4, -0.2) is 13.7 Å². The summed E-state index contributed by atoms with van der Waals surface area (Å²) in [5.41, 5.74) is 6.72. The highest BCUT2D eigenvalue weighted by Crippen LogP contribution is 2.21. The summed E-state index contributed by atoms with van der Waals surface area (Å²) in [5.74, 6) is 1.08. The van der Waals surface area contributed by atoms with Crippen LogP contribution < -0.4 is 5.73 Å². The quantitative estimate of drug-likeness (QED) is 0.653. The fraction of sp³-hybridized carbons (Fsp3) is 0.556. The summed E-state index contributed by atoms with van der Waals surface area (Å²) in [6, 6.07) is 0. The van der Waals surface area contributed by atoms with Crippen molar-refractivity contribution in [2.24, 2.45) is 5.73 Å². The molecule has 0 aromatic heterocycles. The predicted octanol–water partition coefficient (Wildman–Crippen LogP) is 1.59. The van der Waals surface area contributed by atoms with Gasteiger partial charge in [-0.2, -0.15) is 0 Å². The van der Waals surface area contributed by atoms with Crippen LogP contribution in [0.4, 0.5) is 0 Å². The zero-order chi connectivity index (χ0) is 8.10. The molecule has 0 heterocycles. The van der Waals surface area contributed by atoms with Crippen molar-refractivity contribution in [3.63, 3.8) is 0 Å². The molecule has 2 nitrogen and oxygen atoms in total. The summed E-state index contributed by atoms with van der Waals surface area (Å²) in [7, 11) is 1.72. The van der Waals surface area contributed by atoms with Gasteiger partial charge in [0.25, 0.3) is 0 Å². The number of hydrogen-bond donors (Lipinski definition) is 1. The Kier molecular flexibility index (Phi) is 3.17. The average Bonchev–Trinajstić information content (AvgIpc) is 2.06. The van der Waals surface area contributed by atoms with E-state index < -0.39 is 0 Å². The second-order valence-electron chi connectivity index (χ2n) is 2.68. The second-order valence-corrected chi connectivity index (χ2v) is 2.68. The first-order valence-corrected chi connectivity index (χ1v) is 4.00. The lowest BCUT2D eigenvalue weighted by Gasteiger charge is -2.13. The molecule has 0 amide bonds. The molecule has 1 aliphatic carbocycles. The SMILES string of the molecule is COC1=CC(=CCN)CCC1. The molecule has 0 bridgehead atoms. The van der Waals surface area contributed by atoms with E-state index in [1.54, 1.807) is 7.11 Å². The minimum absolute atomic E-state index is 0.628. The van der Waals surface area contributed by atoms with Crippen molar-refractivity contribution in [3.05, 3.63) is 23.5 Å². The summed E-state index contributed by atoms with van der Waals surface area (Å²) in [6.07, 6.45) is 7.54. The van der Waals surface area contributed by atoms with Crippen molar-refractivity contribution in [1.82, 2.24) is 0 Å². The summed E-state index contributed by atoms with van der Waals surface area (Å²) < 4.78 is 5.15. The van der Waals surface area contributed by atoms with Crippen LogP contribution in [0, 0.1) is 0 Å². The van der Waals surface area contributed by atoms with E-state index in [1.165, 1.54) is 12.0 Å². The van der Waals surface area contributed by atoms with Gasteiger partial charge in [0.2, 0.25) is 0 Å². The van der Waals surface area contributed by atoms with Crippen molar-refractivity contribution < 1.29 is 4.74 Å². The molecule has 0 aliphatic heterocycles. The van der Waals surface area contributed by atoms with Crippen molar-refractivity contribution in [2.75, 3.05) is 13.7 Å². The lowest BCUT2D eigenvalue weighted by Crippen LogP contribution is -2.00. The third kappa shape index (κ3) is 2.39. The highest BCUT2D eigenvalue weighted by molar-refractivity contribution is 5.24. The fourth-order valence-corrected chi connectivity index (χ4v) is 1.29. The van der Waals surface area contributed by atoms with Gasteiger partial charge in [0.1, 0.15) is 0 Å². The van der Waals surface area contributed by atoms with Crippen molar-refractivity contribution >= 4 is 0 Å². The van der Waals surface area contributed by atoms with Crippen LogP contribution in [0.3, 0.4) is 0 Å². The topological polar surface area (TPSA) is 35.2 Å². The van der Waals surface area contributed by atoms with Crippen LogP contribution in [0.25, 0.3) is 0 Å². The Morgan fingerprint density at radius 2 is 2.45 bits per heavy atom. The molecule has 0 radical (unpaired) electrons. The van der Waals surface area contributed by atoms with Crippen LogP contribution >= 0.6 is 0 Å². The minimum atomic E-state index is 0.628. The number of nitrogens with two attached hydrogens (primary N) is 1. The van der Waals surface area contributed by atoms with E-state index in [0.29, 0.717) is 6.54 Å². The van der Waals surface area contributed by atoms with E-state index in [-0.39, 0.29) is 0 Å². The second kappa shape index (κ2) is 4.19. The summed E-state index contributed by atoms with van der Waals surface area (Å²) in [6.45, 7) is 0.628. The molecule has 0 saturated heterocycles. The smallest absolute Gasteiger partial charge is 0.0958 e. The van der Waals surface area contributed by atoms with Crippen molar-refractivity contribution in [3.8, 4) is 0 Å². The van der Waals surface area contributed by atoms with E-state index in [9.17, 15) is 0 Å². The van der Waals surface area contributed by atoms with E-state index in [2.05, 4.69) is 12.2 Å². The third-order valence-corrected chi connectivity index (χ3v) is 1.88. The lowest BCUT2D eigenvalue weighted by molar-refractivity contribution is 0.271. The molecule has 0 atom stereocenters. The maximum Gasteiger partial charge on any atom is 0.0958 e. The largest absolute Gasteiger partial charge is 0.501 e. The van der Waals surface area contributed by atoms with Gasteiger partial charge in [-0.15, -0.1) is 0 Å². The number of allylic oxidation sites excluding steroid dienone is 3. The van der Waals surface area contributed by atoms with Gasteiger partial charge in [0.15, 0.2) is 0 Å². The van der Waals surface area contributed by atoms with Gasteiger partial charge in [0, 0.05) is 13.0 Å². The molecule has 2 N–H and O–H groups in total. The molecule has 1 rings (SSSR count). The van der Waals surface area contributed by atoms with Crippen LogP contribution in [0.15, 0.2) is 23.5 Å². The van der Waals surface area contributed by atoms with E-state index in [0.717, 1.165) is 18.6 Å². The molecule has 0 spiro atoms. The first-order chi connectivity index (χ1) is 5.36. The Hall–Kier alpha value is -0.760. The van der Waals surface area contributed by atoms with Crippen LogP contribution in [0.5, 0.6) is 0 Å². The van der Waals surface area contributed by atoms with Gasteiger partial charge in [0.05, 0.1) is 12.9 Å². The molecule has 0 saturated carbocycles. The number of rotatable bonds is 2. The Labute approximate surface area is 67.7 Å². The molecular formula is C9H15NO. The fourth-order valence-electron chi connectivity index (χ4n) is 1.29. The highest BCUT2D eigenvalue weighted by atomic mass is 16.5. The summed E-state index contributed by atoms with van der Waals surface area (Å²) in [5, 5.41) is 0. The lowest BCUT2D eigenvalue weighted by atomic mass is 10.0. The maximum absolute atomic E-state index is 5.40. The standard InChI is InChI=1S/C9H15NO/c1-11-9-4-2-3-8(7-9)5-6-10/h5,7H,2-4,6,10H2,1H3. The van der Waals surface area contributed by atoms with Crippen LogP contribution in [-0.2, 0) is 4.74 Å². The number of hydrogen-bond acceptors (Lipinski definition) is 2. The highest BCUT2D eigenvalue weighted by Gasteiger charge is 2.05. The summed E-state index contributed by atoms with van der Waals surface area (Å²) >= 11 is 0. The number of methoxy groups -OCH3 is 1. The first-order valence-electron chi connectivity index (χ1n) is 4.00. The molecule has 0 unspecified atom stereocenters. The molecule has 62 valence electrons. The van der Waals surface area contributed by atoms with Gasteiger partial charge in [-0.05, 0) is 24.5 Å². The van der Waals surface area contributed by atoms with Gasteiger partial charge >= 0.3 is 0 Å². The Bertz CT molecular complexity index is 182. The van der Waals surface area contributed by atoms with E-state index >= 15 is 0 Å². The molecule has 0 aromatic rings. The molecule has 0 fully saturated rings.